The summed E-state index contributed by atoms with van der Waals surface area (Å²) in [4.78, 5) is 0. The zero-order chi connectivity index (χ0) is 8.36. The Morgan fingerprint density at radius 3 is 2.45 bits per heavy atom. The molecule has 0 radical (unpaired) electrons. The van der Waals surface area contributed by atoms with Crippen LogP contribution in [0.25, 0.3) is 0 Å². The summed E-state index contributed by atoms with van der Waals surface area (Å²) in [5.41, 5.74) is 0. The molecule has 0 aromatic heterocycles. The highest BCUT2D eigenvalue weighted by atomic mass is 16.5. The lowest BCUT2D eigenvalue weighted by Crippen LogP contribution is -1.76. The van der Waals surface area contributed by atoms with Crippen molar-refractivity contribution >= 4 is 0 Å². The highest BCUT2D eigenvalue weighted by molar-refractivity contribution is 4.72. The molecule has 0 heterocycles. The maximum Gasteiger partial charge on any atom is 0.0784 e. The molecule has 0 aromatic carbocycles. The van der Waals surface area contributed by atoms with Crippen LogP contribution in [0.2, 0.25) is 0 Å². The molecule has 11 heavy (non-hydrogen) atoms. The fourth-order valence-corrected chi connectivity index (χ4v) is 1.03. The van der Waals surface area contributed by atoms with Gasteiger partial charge in [-0.25, -0.2) is 0 Å². The van der Waals surface area contributed by atoms with Gasteiger partial charge in [-0.3, -0.25) is 0 Å². The van der Waals surface area contributed by atoms with Gasteiger partial charge >= 0.3 is 0 Å². The SMILES string of the molecule is CCCCCCC/C=C\OC. The van der Waals surface area contributed by atoms with E-state index >= 15 is 0 Å². The van der Waals surface area contributed by atoms with E-state index < -0.39 is 0 Å². The molecule has 1 nitrogen and oxygen atoms in total. The molecule has 0 aliphatic rings. The lowest BCUT2D eigenvalue weighted by molar-refractivity contribution is 0.336. The molecule has 0 amide bonds. The molecule has 0 aromatic rings. The summed E-state index contributed by atoms with van der Waals surface area (Å²) in [5.74, 6) is 0. The first kappa shape index (κ1) is 10.5. The largest absolute Gasteiger partial charge is 0.505 e. The molecule has 0 bridgehead atoms. The van der Waals surface area contributed by atoms with Crippen molar-refractivity contribution in [2.75, 3.05) is 7.11 Å². The molecule has 1 heteroatoms. The molecular weight excluding hydrogens is 136 g/mol. The van der Waals surface area contributed by atoms with Crippen molar-refractivity contribution in [3.05, 3.63) is 12.3 Å². The van der Waals surface area contributed by atoms with Gasteiger partial charge in [0.25, 0.3) is 0 Å². The zero-order valence-electron chi connectivity index (χ0n) is 7.81. The van der Waals surface area contributed by atoms with E-state index in [9.17, 15) is 0 Å². The lowest BCUT2D eigenvalue weighted by Gasteiger charge is -1.95. The Kier molecular flexibility index (Phi) is 9.14. The van der Waals surface area contributed by atoms with E-state index in [1.165, 1.54) is 32.1 Å². The third kappa shape index (κ3) is 9.54. The molecular formula is C10H20O. The zero-order valence-corrected chi connectivity index (χ0v) is 7.81. The second kappa shape index (κ2) is 9.54. The van der Waals surface area contributed by atoms with Crippen LogP contribution in [0, 0.1) is 0 Å². The fourth-order valence-electron chi connectivity index (χ4n) is 1.03. The minimum absolute atomic E-state index is 1.16. The van der Waals surface area contributed by atoms with Crippen LogP contribution in [0.15, 0.2) is 12.3 Å². The van der Waals surface area contributed by atoms with Gasteiger partial charge in [-0.05, 0) is 18.9 Å². The van der Waals surface area contributed by atoms with Crippen molar-refractivity contribution in [2.45, 2.75) is 45.4 Å². The average molecular weight is 156 g/mol. The standard InChI is InChI=1S/C10H20O/c1-3-4-5-6-7-8-9-10-11-2/h9-10H,3-8H2,1-2H3/b10-9-. The van der Waals surface area contributed by atoms with E-state index in [2.05, 4.69) is 13.0 Å². The van der Waals surface area contributed by atoms with Gasteiger partial charge in [-0.15, -0.1) is 0 Å². The molecule has 0 spiro atoms. The van der Waals surface area contributed by atoms with Gasteiger partial charge in [0, 0.05) is 0 Å². The first-order valence-electron chi connectivity index (χ1n) is 4.59. The van der Waals surface area contributed by atoms with Crippen LogP contribution in [0.5, 0.6) is 0 Å². The first-order chi connectivity index (χ1) is 5.41. The Morgan fingerprint density at radius 2 is 1.82 bits per heavy atom. The summed E-state index contributed by atoms with van der Waals surface area (Å²) in [6, 6.07) is 0. The Labute approximate surface area is 70.4 Å². The van der Waals surface area contributed by atoms with Crippen LogP contribution in [-0.2, 0) is 4.74 Å². The van der Waals surface area contributed by atoms with Crippen molar-refractivity contribution in [1.29, 1.82) is 0 Å². The summed E-state index contributed by atoms with van der Waals surface area (Å²) >= 11 is 0. The summed E-state index contributed by atoms with van der Waals surface area (Å²) in [6.07, 6.45) is 11.8. The van der Waals surface area contributed by atoms with E-state index in [-0.39, 0.29) is 0 Å². The number of ether oxygens (including phenoxy) is 1. The molecule has 0 saturated carbocycles. The molecule has 0 unspecified atom stereocenters. The minimum Gasteiger partial charge on any atom is -0.505 e. The minimum atomic E-state index is 1.16. The lowest BCUT2D eigenvalue weighted by atomic mass is 10.1. The number of rotatable bonds is 7. The molecule has 0 fully saturated rings. The predicted molar refractivity (Wildman–Crippen MR) is 49.5 cm³/mol. The molecule has 0 saturated heterocycles. The number of methoxy groups -OCH3 is 1. The average Bonchev–Trinajstić information content (AvgIpc) is 2.03. The van der Waals surface area contributed by atoms with E-state index in [0.717, 1.165) is 6.42 Å². The molecule has 0 aliphatic carbocycles. The first-order valence-corrected chi connectivity index (χ1v) is 4.59. The maximum atomic E-state index is 4.79. The number of unbranched alkanes of at least 4 members (excludes halogenated alkanes) is 5. The monoisotopic (exact) mass is 156 g/mol. The predicted octanol–water partition coefficient (Wildman–Crippen LogP) is 3.51. The summed E-state index contributed by atoms with van der Waals surface area (Å²) in [7, 11) is 1.69. The Balaban J connectivity index is 2.85. The van der Waals surface area contributed by atoms with E-state index in [1.54, 1.807) is 13.4 Å². The summed E-state index contributed by atoms with van der Waals surface area (Å²) < 4.78 is 4.79. The van der Waals surface area contributed by atoms with Gasteiger partial charge in [0.2, 0.25) is 0 Å². The third-order valence-electron chi connectivity index (χ3n) is 1.71. The molecule has 66 valence electrons. The van der Waals surface area contributed by atoms with Crippen molar-refractivity contribution in [3.63, 3.8) is 0 Å². The van der Waals surface area contributed by atoms with E-state index in [4.69, 9.17) is 4.74 Å². The Hall–Kier alpha value is -0.460. The fraction of sp³-hybridized carbons (Fsp3) is 0.800. The maximum absolute atomic E-state index is 4.79. The van der Waals surface area contributed by atoms with Crippen molar-refractivity contribution in [3.8, 4) is 0 Å². The second-order valence-electron chi connectivity index (χ2n) is 2.81. The van der Waals surface area contributed by atoms with E-state index in [0.29, 0.717) is 0 Å². The van der Waals surface area contributed by atoms with Crippen LogP contribution in [-0.4, -0.2) is 7.11 Å². The molecule has 0 N–H and O–H groups in total. The van der Waals surface area contributed by atoms with Gasteiger partial charge in [-0.2, -0.15) is 0 Å². The van der Waals surface area contributed by atoms with Crippen LogP contribution >= 0.6 is 0 Å². The quantitative estimate of drug-likeness (QED) is 0.405. The Bertz CT molecular complexity index is 86.9. The van der Waals surface area contributed by atoms with Gasteiger partial charge in [-0.1, -0.05) is 32.6 Å². The highest BCUT2D eigenvalue weighted by Gasteiger charge is 1.85. The summed E-state index contributed by atoms with van der Waals surface area (Å²) in [5, 5.41) is 0. The second-order valence-corrected chi connectivity index (χ2v) is 2.81. The van der Waals surface area contributed by atoms with Crippen LogP contribution in [0.1, 0.15) is 45.4 Å². The molecule has 0 rings (SSSR count). The van der Waals surface area contributed by atoms with E-state index in [1.807, 2.05) is 0 Å². The van der Waals surface area contributed by atoms with Gasteiger partial charge in [0.15, 0.2) is 0 Å². The smallest absolute Gasteiger partial charge is 0.0784 e. The number of allylic oxidation sites excluding steroid dienone is 1. The highest BCUT2D eigenvalue weighted by Crippen LogP contribution is 2.04. The van der Waals surface area contributed by atoms with Crippen LogP contribution < -0.4 is 0 Å². The molecule has 0 aliphatic heterocycles. The Morgan fingerprint density at radius 1 is 1.09 bits per heavy atom. The van der Waals surface area contributed by atoms with Gasteiger partial charge in [0.1, 0.15) is 0 Å². The third-order valence-corrected chi connectivity index (χ3v) is 1.71. The normalized spacial score (nSPS) is 10.7. The molecule has 0 atom stereocenters. The summed E-state index contributed by atoms with van der Waals surface area (Å²) in [6.45, 7) is 2.24. The van der Waals surface area contributed by atoms with Crippen LogP contribution in [0.3, 0.4) is 0 Å². The van der Waals surface area contributed by atoms with Crippen molar-refractivity contribution in [2.24, 2.45) is 0 Å². The van der Waals surface area contributed by atoms with Crippen LogP contribution in [0.4, 0.5) is 0 Å². The van der Waals surface area contributed by atoms with Crippen molar-refractivity contribution in [1.82, 2.24) is 0 Å². The number of hydrogen-bond donors (Lipinski definition) is 0. The van der Waals surface area contributed by atoms with Crippen molar-refractivity contribution < 1.29 is 4.74 Å². The van der Waals surface area contributed by atoms with Gasteiger partial charge in [0.05, 0.1) is 13.4 Å². The van der Waals surface area contributed by atoms with Gasteiger partial charge < -0.3 is 4.74 Å². The topological polar surface area (TPSA) is 9.23 Å². The number of hydrogen-bond acceptors (Lipinski definition) is 1.